The number of nitrogens with zero attached hydrogens (tertiary/aromatic N) is 1. The van der Waals surface area contributed by atoms with Crippen molar-refractivity contribution < 1.29 is 19.2 Å². The highest BCUT2D eigenvalue weighted by molar-refractivity contribution is 6.04. The van der Waals surface area contributed by atoms with Gasteiger partial charge in [-0.05, 0) is 24.0 Å². The summed E-state index contributed by atoms with van der Waals surface area (Å²) < 4.78 is 0. The van der Waals surface area contributed by atoms with E-state index in [9.17, 15) is 19.2 Å². The molecule has 0 aromatic heterocycles. The monoisotopic (exact) mass is 332 g/mol. The van der Waals surface area contributed by atoms with Gasteiger partial charge in [0.15, 0.2) is 6.29 Å². The van der Waals surface area contributed by atoms with Crippen molar-refractivity contribution in [3.05, 3.63) is 34.9 Å². The molecule has 1 atom stereocenters. The third-order valence-electron chi connectivity index (χ3n) is 3.96. The Labute approximate surface area is 142 Å². The first-order valence-corrected chi connectivity index (χ1v) is 7.98. The number of imide groups is 1. The maximum Gasteiger partial charge on any atom is 0.255 e. The van der Waals surface area contributed by atoms with Crippen molar-refractivity contribution in [3.8, 4) is 0 Å². The van der Waals surface area contributed by atoms with Crippen LogP contribution in [0, 0.1) is 0 Å². The number of hydrogen-bond acceptors (Lipinski definition) is 4. The molecule has 0 saturated carbocycles. The van der Waals surface area contributed by atoms with Gasteiger partial charge in [-0.25, -0.2) is 0 Å². The predicted molar refractivity (Wildman–Crippen MR) is 90.9 cm³/mol. The SMILES string of the molecule is CCCC(C(=O)NC=O)N(C)C(=O)c1cccc(C(C)C)c1C=O. The molecule has 0 aliphatic carbocycles. The summed E-state index contributed by atoms with van der Waals surface area (Å²) in [4.78, 5) is 48.2. The minimum absolute atomic E-state index is 0.0908. The van der Waals surface area contributed by atoms with Crippen molar-refractivity contribution in [1.29, 1.82) is 0 Å². The van der Waals surface area contributed by atoms with Crippen LogP contribution in [0.25, 0.3) is 0 Å². The zero-order chi connectivity index (χ0) is 18.3. The van der Waals surface area contributed by atoms with E-state index in [0.717, 1.165) is 5.56 Å². The Morgan fingerprint density at radius 3 is 2.42 bits per heavy atom. The van der Waals surface area contributed by atoms with Gasteiger partial charge in [0.05, 0.1) is 5.56 Å². The van der Waals surface area contributed by atoms with Crippen LogP contribution in [0.4, 0.5) is 0 Å². The van der Waals surface area contributed by atoms with Crippen molar-refractivity contribution in [2.45, 2.75) is 45.6 Å². The smallest absolute Gasteiger partial charge is 0.255 e. The summed E-state index contributed by atoms with van der Waals surface area (Å²) in [6.45, 7) is 5.77. The van der Waals surface area contributed by atoms with E-state index in [-0.39, 0.29) is 11.5 Å². The summed E-state index contributed by atoms with van der Waals surface area (Å²) in [6.07, 6.45) is 2.07. The van der Waals surface area contributed by atoms with Gasteiger partial charge in [-0.1, -0.05) is 39.3 Å². The van der Waals surface area contributed by atoms with Gasteiger partial charge in [0.25, 0.3) is 5.91 Å². The Bertz CT molecular complexity index is 625. The van der Waals surface area contributed by atoms with Gasteiger partial charge >= 0.3 is 0 Å². The fraction of sp³-hybridized carbons (Fsp3) is 0.444. The predicted octanol–water partition coefficient (Wildman–Crippen LogP) is 2.14. The fourth-order valence-electron chi connectivity index (χ4n) is 2.66. The third kappa shape index (κ3) is 4.28. The van der Waals surface area contributed by atoms with Crippen LogP contribution >= 0.6 is 0 Å². The summed E-state index contributed by atoms with van der Waals surface area (Å²) in [5, 5.41) is 2.09. The molecule has 1 N–H and O–H groups in total. The highest BCUT2D eigenvalue weighted by Crippen LogP contribution is 2.23. The zero-order valence-corrected chi connectivity index (χ0v) is 14.5. The normalized spacial score (nSPS) is 11.7. The van der Waals surface area contributed by atoms with E-state index in [2.05, 4.69) is 5.32 Å². The minimum Gasteiger partial charge on any atom is -0.330 e. The van der Waals surface area contributed by atoms with Crippen LogP contribution < -0.4 is 5.32 Å². The van der Waals surface area contributed by atoms with Crippen LogP contribution in [0.3, 0.4) is 0 Å². The second-order valence-electron chi connectivity index (χ2n) is 5.93. The number of hydrogen-bond donors (Lipinski definition) is 1. The van der Waals surface area contributed by atoms with Crippen LogP contribution in [0.5, 0.6) is 0 Å². The summed E-state index contributed by atoms with van der Waals surface area (Å²) in [5.74, 6) is -0.859. The number of benzene rings is 1. The van der Waals surface area contributed by atoms with Crippen LogP contribution in [0.1, 0.15) is 65.8 Å². The van der Waals surface area contributed by atoms with Gasteiger partial charge in [-0.2, -0.15) is 0 Å². The lowest BCUT2D eigenvalue weighted by Crippen LogP contribution is -2.47. The molecule has 0 fully saturated rings. The molecule has 6 nitrogen and oxygen atoms in total. The summed E-state index contributed by atoms with van der Waals surface area (Å²) in [6, 6.07) is 4.35. The van der Waals surface area contributed by atoms with E-state index in [1.165, 1.54) is 11.9 Å². The number of amides is 3. The summed E-state index contributed by atoms with van der Waals surface area (Å²) in [7, 11) is 1.50. The molecule has 0 radical (unpaired) electrons. The Morgan fingerprint density at radius 2 is 1.92 bits per heavy atom. The zero-order valence-electron chi connectivity index (χ0n) is 14.5. The first-order valence-electron chi connectivity index (χ1n) is 7.98. The number of likely N-dealkylation sites (N-methyl/N-ethyl adjacent to an activating group) is 1. The topological polar surface area (TPSA) is 83.6 Å². The molecule has 0 aliphatic rings. The lowest BCUT2D eigenvalue weighted by Gasteiger charge is -2.27. The van der Waals surface area contributed by atoms with Gasteiger partial charge < -0.3 is 4.90 Å². The van der Waals surface area contributed by atoms with E-state index in [1.54, 1.807) is 12.1 Å². The molecule has 0 saturated heterocycles. The second-order valence-corrected chi connectivity index (χ2v) is 5.93. The van der Waals surface area contributed by atoms with Gasteiger partial charge in [0.1, 0.15) is 6.04 Å². The van der Waals surface area contributed by atoms with E-state index >= 15 is 0 Å². The molecule has 0 bridgehead atoms. The van der Waals surface area contributed by atoms with Gasteiger partial charge in [0, 0.05) is 12.6 Å². The van der Waals surface area contributed by atoms with Crippen LogP contribution in [-0.2, 0) is 9.59 Å². The Balaban J connectivity index is 3.24. The number of rotatable bonds is 8. The first kappa shape index (κ1) is 19.5. The maximum atomic E-state index is 12.8. The van der Waals surface area contributed by atoms with Gasteiger partial charge in [-0.3, -0.25) is 24.5 Å². The van der Waals surface area contributed by atoms with E-state index in [4.69, 9.17) is 0 Å². The third-order valence-corrected chi connectivity index (χ3v) is 3.96. The first-order chi connectivity index (χ1) is 11.4. The number of aldehydes is 1. The second kappa shape index (κ2) is 8.96. The maximum absolute atomic E-state index is 12.8. The van der Waals surface area contributed by atoms with Gasteiger partial charge in [-0.15, -0.1) is 0 Å². The lowest BCUT2D eigenvalue weighted by molar-refractivity contribution is -0.128. The van der Waals surface area contributed by atoms with E-state index in [0.29, 0.717) is 31.1 Å². The molecule has 1 rings (SSSR count). The average Bonchev–Trinajstić information content (AvgIpc) is 2.57. The molecular weight excluding hydrogens is 308 g/mol. The number of carbonyl (C=O) groups is 4. The molecule has 1 aromatic rings. The van der Waals surface area contributed by atoms with Crippen molar-refractivity contribution in [2.75, 3.05) is 7.05 Å². The molecule has 0 spiro atoms. The highest BCUT2D eigenvalue weighted by Gasteiger charge is 2.28. The quantitative estimate of drug-likeness (QED) is 0.739. The standard InChI is InChI=1S/C18H24N2O4/c1-5-7-16(17(23)19-11-22)20(4)18(24)14-9-6-8-13(12(2)3)15(14)10-21/h6,8-12,16H,5,7H2,1-4H3,(H,19,22,23). The minimum atomic E-state index is -0.769. The van der Waals surface area contributed by atoms with Crippen molar-refractivity contribution in [1.82, 2.24) is 10.2 Å². The molecular formula is C18H24N2O4. The van der Waals surface area contributed by atoms with Gasteiger partial charge in [0.2, 0.25) is 12.3 Å². The molecule has 1 aromatic carbocycles. The number of nitrogens with one attached hydrogen (secondary N) is 1. The molecule has 6 heteroatoms. The van der Waals surface area contributed by atoms with Crippen molar-refractivity contribution in [3.63, 3.8) is 0 Å². The largest absolute Gasteiger partial charge is 0.330 e. The Morgan fingerprint density at radius 1 is 1.25 bits per heavy atom. The van der Waals surface area contributed by atoms with Crippen LogP contribution in [0.15, 0.2) is 18.2 Å². The molecule has 0 heterocycles. The molecule has 1 unspecified atom stereocenters. The Hall–Kier alpha value is -2.50. The molecule has 24 heavy (non-hydrogen) atoms. The Kier molecular flexibility index (Phi) is 7.30. The molecule has 3 amide bonds. The van der Waals surface area contributed by atoms with E-state index < -0.39 is 17.9 Å². The van der Waals surface area contributed by atoms with E-state index in [1.807, 2.05) is 26.8 Å². The van der Waals surface area contributed by atoms with Crippen LogP contribution in [-0.4, -0.2) is 42.5 Å². The average molecular weight is 332 g/mol. The lowest BCUT2D eigenvalue weighted by atomic mass is 9.93. The molecule has 130 valence electrons. The highest BCUT2D eigenvalue weighted by atomic mass is 16.2. The van der Waals surface area contributed by atoms with Crippen molar-refractivity contribution >= 4 is 24.5 Å². The summed E-state index contributed by atoms with van der Waals surface area (Å²) >= 11 is 0. The summed E-state index contributed by atoms with van der Waals surface area (Å²) in [5.41, 5.74) is 1.39. The van der Waals surface area contributed by atoms with Crippen molar-refractivity contribution in [2.24, 2.45) is 0 Å². The molecule has 0 aliphatic heterocycles. The van der Waals surface area contributed by atoms with Crippen LogP contribution in [0.2, 0.25) is 0 Å². The number of carbonyl (C=O) groups excluding carboxylic acids is 4. The fourth-order valence-corrected chi connectivity index (χ4v) is 2.66.